The lowest BCUT2D eigenvalue weighted by molar-refractivity contribution is 0.186. The van der Waals surface area contributed by atoms with E-state index in [2.05, 4.69) is 45.1 Å². The van der Waals surface area contributed by atoms with Crippen LogP contribution in [-0.4, -0.2) is 38.8 Å². The summed E-state index contributed by atoms with van der Waals surface area (Å²) < 4.78 is 6.21. The van der Waals surface area contributed by atoms with Crippen molar-refractivity contribution in [2.24, 2.45) is 10.9 Å². The SMILES string of the molecule is C=C(Br)CN=C(NCC)NCC1CCOC1.I. The highest BCUT2D eigenvalue weighted by atomic mass is 127. The van der Waals surface area contributed by atoms with Gasteiger partial charge >= 0.3 is 0 Å². The van der Waals surface area contributed by atoms with Gasteiger partial charge in [-0.3, -0.25) is 0 Å². The largest absolute Gasteiger partial charge is 0.381 e. The molecule has 0 aromatic heterocycles. The van der Waals surface area contributed by atoms with E-state index in [1.807, 2.05) is 0 Å². The summed E-state index contributed by atoms with van der Waals surface area (Å²) in [6.45, 7) is 9.93. The number of hydrogen-bond donors (Lipinski definition) is 2. The fraction of sp³-hybridized carbons (Fsp3) is 0.727. The Kier molecular flexibility index (Phi) is 10.2. The van der Waals surface area contributed by atoms with Crippen LogP contribution in [0.4, 0.5) is 0 Å². The van der Waals surface area contributed by atoms with Gasteiger partial charge in [-0.05, 0) is 13.3 Å². The summed E-state index contributed by atoms with van der Waals surface area (Å²) in [5.41, 5.74) is 0. The summed E-state index contributed by atoms with van der Waals surface area (Å²) in [4.78, 5) is 4.38. The maximum absolute atomic E-state index is 5.33. The number of aliphatic imine (C=N–C) groups is 1. The van der Waals surface area contributed by atoms with Crippen molar-refractivity contribution in [2.45, 2.75) is 13.3 Å². The van der Waals surface area contributed by atoms with Crippen LogP contribution in [0.3, 0.4) is 0 Å². The first-order valence-corrected chi connectivity index (χ1v) is 6.45. The summed E-state index contributed by atoms with van der Waals surface area (Å²) in [6, 6.07) is 0. The Morgan fingerprint density at radius 3 is 2.82 bits per heavy atom. The molecule has 1 rings (SSSR count). The van der Waals surface area contributed by atoms with Gasteiger partial charge in [-0.2, -0.15) is 0 Å². The molecule has 0 amide bonds. The molecule has 0 bridgehead atoms. The summed E-state index contributed by atoms with van der Waals surface area (Å²) >= 11 is 3.29. The second-order valence-corrected chi connectivity index (χ2v) is 4.94. The van der Waals surface area contributed by atoms with Gasteiger partial charge in [-0.15, -0.1) is 24.0 Å². The van der Waals surface area contributed by atoms with Crippen molar-refractivity contribution in [1.29, 1.82) is 0 Å². The molecular weight excluding hydrogens is 397 g/mol. The third-order valence-corrected chi connectivity index (χ3v) is 2.59. The van der Waals surface area contributed by atoms with Crippen LogP contribution in [0.2, 0.25) is 0 Å². The minimum Gasteiger partial charge on any atom is -0.381 e. The van der Waals surface area contributed by atoms with Crippen molar-refractivity contribution >= 4 is 45.9 Å². The average molecular weight is 418 g/mol. The molecule has 1 atom stereocenters. The van der Waals surface area contributed by atoms with Crippen LogP contribution in [0.15, 0.2) is 16.1 Å². The van der Waals surface area contributed by atoms with E-state index in [-0.39, 0.29) is 24.0 Å². The molecule has 1 aliphatic heterocycles. The molecule has 17 heavy (non-hydrogen) atoms. The van der Waals surface area contributed by atoms with E-state index in [1.165, 1.54) is 0 Å². The zero-order valence-corrected chi connectivity index (χ0v) is 14.1. The third-order valence-electron chi connectivity index (χ3n) is 2.34. The van der Waals surface area contributed by atoms with Gasteiger partial charge in [-0.1, -0.05) is 22.5 Å². The van der Waals surface area contributed by atoms with Gasteiger partial charge in [0.2, 0.25) is 0 Å². The van der Waals surface area contributed by atoms with E-state index in [0.717, 1.165) is 43.2 Å². The van der Waals surface area contributed by atoms with Crippen molar-refractivity contribution in [3.8, 4) is 0 Å². The first-order valence-electron chi connectivity index (χ1n) is 5.65. The topological polar surface area (TPSA) is 45.7 Å². The predicted octanol–water partition coefficient (Wildman–Crippen LogP) is 2.10. The zero-order valence-electron chi connectivity index (χ0n) is 10.2. The lowest BCUT2D eigenvalue weighted by Gasteiger charge is -2.13. The fourth-order valence-corrected chi connectivity index (χ4v) is 1.62. The Morgan fingerprint density at radius 1 is 1.53 bits per heavy atom. The molecule has 4 nitrogen and oxygen atoms in total. The lowest BCUT2D eigenvalue weighted by atomic mass is 10.1. The summed E-state index contributed by atoms with van der Waals surface area (Å²) in [5.74, 6) is 1.45. The number of ether oxygens (including phenoxy) is 1. The van der Waals surface area contributed by atoms with Crippen molar-refractivity contribution < 1.29 is 4.74 Å². The number of nitrogens with one attached hydrogen (secondary N) is 2. The molecule has 6 heteroatoms. The molecule has 1 saturated heterocycles. The minimum absolute atomic E-state index is 0. The van der Waals surface area contributed by atoms with Crippen LogP contribution in [0.5, 0.6) is 0 Å². The van der Waals surface area contributed by atoms with Crippen LogP contribution >= 0.6 is 39.9 Å². The molecule has 0 radical (unpaired) electrons. The standard InChI is InChI=1S/C11H20BrN3O.HI/c1-3-13-11(14-6-9(2)12)15-7-10-4-5-16-8-10;/h10H,2-8H2,1H3,(H2,13,14,15);1H. The molecule has 0 aromatic carbocycles. The molecule has 1 heterocycles. The van der Waals surface area contributed by atoms with Crippen molar-refractivity contribution in [3.05, 3.63) is 11.1 Å². The van der Waals surface area contributed by atoms with E-state index in [4.69, 9.17) is 4.74 Å². The Bertz CT molecular complexity index is 255. The number of halogens is 2. The lowest BCUT2D eigenvalue weighted by Crippen LogP contribution is -2.40. The molecule has 0 saturated carbocycles. The van der Waals surface area contributed by atoms with Gasteiger partial charge in [-0.25, -0.2) is 4.99 Å². The molecule has 1 aliphatic rings. The fourth-order valence-electron chi connectivity index (χ4n) is 1.49. The Hall–Kier alpha value is 0.180. The Balaban J connectivity index is 0.00000256. The normalized spacial score (nSPS) is 19.6. The first-order chi connectivity index (χ1) is 7.72. The molecule has 0 aliphatic carbocycles. The summed E-state index contributed by atoms with van der Waals surface area (Å²) in [7, 11) is 0. The zero-order chi connectivity index (χ0) is 11.8. The van der Waals surface area contributed by atoms with Crippen LogP contribution in [-0.2, 0) is 4.74 Å². The Morgan fingerprint density at radius 2 is 2.29 bits per heavy atom. The Labute approximate surface area is 129 Å². The molecule has 0 spiro atoms. The number of guanidine groups is 1. The van der Waals surface area contributed by atoms with E-state index in [1.54, 1.807) is 0 Å². The second kappa shape index (κ2) is 10.1. The van der Waals surface area contributed by atoms with Crippen LogP contribution < -0.4 is 10.6 Å². The second-order valence-electron chi connectivity index (χ2n) is 3.82. The highest BCUT2D eigenvalue weighted by Crippen LogP contribution is 2.10. The number of hydrogen-bond acceptors (Lipinski definition) is 2. The monoisotopic (exact) mass is 417 g/mol. The molecule has 2 N–H and O–H groups in total. The van der Waals surface area contributed by atoms with Gasteiger partial charge in [0, 0.05) is 30.1 Å². The quantitative estimate of drug-likeness (QED) is 0.409. The molecule has 1 fully saturated rings. The van der Waals surface area contributed by atoms with Gasteiger partial charge in [0.05, 0.1) is 13.2 Å². The van der Waals surface area contributed by atoms with Gasteiger partial charge in [0.1, 0.15) is 0 Å². The number of rotatable bonds is 5. The summed E-state index contributed by atoms with van der Waals surface area (Å²) in [6.07, 6.45) is 1.14. The van der Waals surface area contributed by atoms with E-state index in [9.17, 15) is 0 Å². The minimum atomic E-state index is 0. The number of nitrogens with zero attached hydrogens (tertiary/aromatic N) is 1. The van der Waals surface area contributed by atoms with Crippen molar-refractivity contribution in [2.75, 3.05) is 32.8 Å². The first kappa shape index (κ1) is 17.2. The maximum atomic E-state index is 5.33. The van der Waals surface area contributed by atoms with Crippen LogP contribution in [0, 0.1) is 5.92 Å². The summed E-state index contributed by atoms with van der Waals surface area (Å²) in [5, 5.41) is 6.51. The van der Waals surface area contributed by atoms with E-state index in [0.29, 0.717) is 12.5 Å². The third kappa shape index (κ3) is 7.99. The van der Waals surface area contributed by atoms with Crippen molar-refractivity contribution in [3.63, 3.8) is 0 Å². The predicted molar refractivity (Wildman–Crippen MR) is 86.4 cm³/mol. The van der Waals surface area contributed by atoms with Gasteiger partial charge < -0.3 is 15.4 Å². The highest BCUT2D eigenvalue weighted by Gasteiger charge is 2.15. The van der Waals surface area contributed by atoms with E-state index >= 15 is 0 Å². The van der Waals surface area contributed by atoms with Gasteiger partial charge in [0.15, 0.2) is 5.96 Å². The highest BCUT2D eigenvalue weighted by molar-refractivity contribution is 14.0. The smallest absolute Gasteiger partial charge is 0.191 e. The van der Waals surface area contributed by atoms with E-state index < -0.39 is 0 Å². The maximum Gasteiger partial charge on any atom is 0.191 e. The van der Waals surface area contributed by atoms with Crippen LogP contribution in [0.25, 0.3) is 0 Å². The molecule has 1 unspecified atom stereocenters. The van der Waals surface area contributed by atoms with Crippen LogP contribution in [0.1, 0.15) is 13.3 Å². The van der Waals surface area contributed by atoms with Crippen molar-refractivity contribution in [1.82, 2.24) is 10.6 Å². The molecule has 0 aromatic rings. The van der Waals surface area contributed by atoms with Gasteiger partial charge in [0.25, 0.3) is 0 Å². The molecule has 100 valence electrons. The molecular formula is C11H21BrIN3O. The average Bonchev–Trinajstić information content (AvgIpc) is 2.75.